The zero-order valence-electron chi connectivity index (χ0n) is 11.1. The van der Waals surface area contributed by atoms with Crippen LogP contribution in [0.5, 0.6) is 0 Å². The molecule has 0 saturated carbocycles. The number of aryl methyl sites for hydroxylation is 1. The quantitative estimate of drug-likeness (QED) is 0.918. The molecule has 19 heavy (non-hydrogen) atoms. The summed E-state index contributed by atoms with van der Waals surface area (Å²) in [6, 6.07) is 6.36. The van der Waals surface area contributed by atoms with Crippen molar-refractivity contribution in [1.29, 1.82) is 0 Å². The average Bonchev–Trinajstić information content (AvgIpc) is 2.78. The summed E-state index contributed by atoms with van der Waals surface area (Å²) in [5, 5.41) is 4.92. The van der Waals surface area contributed by atoms with Gasteiger partial charge in [-0.25, -0.2) is 0 Å². The predicted molar refractivity (Wildman–Crippen MR) is 80.8 cm³/mol. The molecule has 1 unspecified atom stereocenters. The monoisotopic (exact) mass is 295 g/mol. The van der Waals surface area contributed by atoms with Crippen molar-refractivity contribution >= 4 is 23.4 Å². The maximum Gasteiger partial charge on any atom is 0.0629 e. The third kappa shape index (κ3) is 4.00. The van der Waals surface area contributed by atoms with Crippen LogP contribution in [0.2, 0.25) is 5.02 Å². The van der Waals surface area contributed by atoms with Gasteiger partial charge in [0.25, 0.3) is 0 Å². The first kappa shape index (κ1) is 14.4. The maximum absolute atomic E-state index is 6.32. The van der Waals surface area contributed by atoms with Crippen LogP contribution >= 0.6 is 23.4 Å². The highest BCUT2D eigenvalue weighted by atomic mass is 35.5. The van der Waals surface area contributed by atoms with Crippen LogP contribution in [0.25, 0.3) is 0 Å². The van der Waals surface area contributed by atoms with Crippen molar-refractivity contribution in [3.63, 3.8) is 0 Å². The summed E-state index contributed by atoms with van der Waals surface area (Å²) < 4.78 is 1.78. The van der Waals surface area contributed by atoms with Gasteiger partial charge in [-0.2, -0.15) is 5.10 Å². The first-order valence-corrected chi connectivity index (χ1v) is 7.48. The second-order valence-electron chi connectivity index (χ2n) is 4.59. The van der Waals surface area contributed by atoms with E-state index >= 15 is 0 Å². The standard InChI is InChI=1S/C14H18ClN3S/c1-3-11(16)6-10-4-5-14(13(15)7-10)19-12-8-17-18(2)9-12/h4-5,7-9,11H,3,6,16H2,1-2H3. The van der Waals surface area contributed by atoms with Gasteiger partial charge in [-0.1, -0.05) is 36.4 Å². The zero-order chi connectivity index (χ0) is 13.8. The van der Waals surface area contributed by atoms with Crippen molar-refractivity contribution in [2.24, 2.45) is 12.8 Å². The van der Waals surface area contributed by atoms with Crippen LogP contribution in [-0.2, 0) is 13.5 Å². The van der Waals surface area contributed by atoms with Gasteiger partial charge in [0, 0.05) is 24.2 Å². The lowest BCUT2D eigenvalue weighted by Gasteiger charge is -2.10. The Hall–Kier alpha value is -0.970. The van der Waals surface area contributed by atoms with Gasteiger partial charge in [0.05, 0.1) is 16.1 Å². The number of nitrogens with zero attached hydrogens (tertiary/aromatic N) is 2. The van der Waals surface area contributed by atoms with Crippen LogP contribution in [0.1, 0.15) is 18.9 Å². The number of aromatic nitrogens is 2. The summed E-state index contributed by atoms with van der Waals surface area (Å²) in [4.78, 5) is 2.13. The number of nitrogens with two attached hydrogens (primary N) is 1. The summed E-state index contributed by atoms with van der Waals surface area (Å²) in [7, 11) is 1.90. The van der Waals surface area contributed by atoms with E-state index in [-0.39, 0.29) is 6.04 Å². The molecule has 1 atom stereocenters. The molecular formula is C14H18ClN3S. The van der Waals surface area contributed by atoms with Crippen molar-refractivity contribution in [3.8, 4) is 0 Å². The minimum Gasteiger partial charge on any atom is -0.327 e. The van der Waals surface area contributed by atoms with Crippen molar-refractivity contribution in [1.82, 2.24) is 9.78 Å². The second-order valence-corrected chi connectivity index (χ2v) is 6.11. The van der Waals surface area contributed by atoms with E-state index in [9.17, 15) is 0 Å². The van der Waals surface area contributed by atoms with Gasteiger partial charge in [-0.05, 0) is 30.5 Å². The van der Waals surface area contributed by atoms with Gasteiger partial charge in [0.1, 0.15) is 0 Å². The highest BCUT2D eigenvalue weighted by Gasteiger charge is 2.07. The van der Waals surface area contributed by atoms with Crippen LogP contribution in [-0.4, -0.2) is 15.8 Å². The van der Waals surface area contributed by atoms with E-state index in [1.165, 1.54) is 5.56 Å². The molecular weight excluding hydrogens is 278 g/mol. The summed E-state index contributed by atoms with van der Waals surface area (Å²) in [5.74, 6) is 0. The maximum atomic E-state index is 6.32. The Labute approximate surface area is 123 Å². The summed E-state index contributed by atoms with van der Waals surface area (Å²) >= 11 is 7.95. The first-order chi connectivity index (χ1) is 9.08. The fraction of sp³-hybridized carbons (Fsp3) is 0.357. The molecule has 2 rings (SSSR count). The number of hydrogen-bond acceptors (Lipinski definition) is 3. The summed E-state index contributed by atoms with van der Waals surface area (Å²) in [6.45, 7) is 2.10. The van der Waals surface area contributed by atoms with Crippen LogP contribution in [0, 0.1) is 0 Å². The highest BCUT2D eigenvalue weighted by Crippen LogP contribution is 2.33. The molecule has 0 bridgehead atoms. The Bertz CT molecular complexity index is 553. The van der Waals surface area contributed by atoms with E-state index in [0.717, 1.165) is 27.7 Å². The Morgan fingerprint density at radius 1 is 1.47 bits per heavy atom. The molecule has 0 amide bonds. The number of halogens is 1. The Morgan fingerprint density at radius 2 is 2.26 bits per heavy atom. The van der Waals surface area contributed by atoms with Gasteiger partial charge < -0.3 is 5.73 Å². The fourth-order valence-corrected chi connectivity index (χ4v) is 2.95. The van der Waals surface area contributed by atoms with Gasteiger partial charge in [0.15, 0.2) is 0 Å². The van der Waals surface area contributed by atoms with Crippen LogP contribution < -0.4 is 5.73 Å². The molecule has 0 radical (unpaired) electrons. The van der Waals surface area contributed by atoms with Crippen LogP contribution in [0.15, 0.2) is 40.4 Å². The molecule has 0 spiro atoms. The molecule has 102 valence electrons. The summed E-state index contributed by atoms with van der Waals surface area (Å²) in [6.07, 6.45) is 5.65. The van der Waals surface area contributed by atoms with E-state index in [2.05, 4.69) is 24.2 Å². The number of hydrogen-bond donors (Lipinski definition) is 1. The molecule has 5 heteroatoms. The third-order valence-electron chi connectivity index (χ3n) is 2.93. The Kier molecular flexibility index (Phi) is 4.91. The average molecular weight is 296 g/mol. The van der Waals surface area contributed by atoms with E-state index in [1.807, 2.05) is 25.5 Å². The minimum atomic E-state index is 0.202. The van der Waals surface area contributed by atoms with E-state index < -0.39 is 0 Å². The SMILES string of the molecule is CCC(N)Cc1ccc(Sc2cnn(C)c2)c(Cl)c1. The minimum absolute atomic E-state index is 0.202. The topological polar surface area (TPSA) is 43.8 Å². The highest BCUT2D eigenvalue weighted by molar-refractivity contribution is 7.99. The van der Waals surface area contributed by atoms with Crippen molar-refractivity contribution in [2.45, 2.75) is 35.6 Å². The molecule has 1 aromatic carbocycles. The fourth-order valence-electron chi connectivity index (χ4n) is 1.78. The number of benzene rings is 1. The lowest BCUT2D eigenvalue weighted by atomic mass is 10.1. The first-order valence-electron chi connectivity index (χ1n) is 6.29. The molecule has 0 fully saturated rings. The van der Waals surface area contributed by atoms with E-state index in [4.69, 9.17) is 17.3 Å². The number of rotatable bonds is 5. The molecule has 3 nitrogen and oxygen atoms in total. The van der Waals surface area contributed by atoms with Crippen molar-refractivity contribution < 1.29 is 0 Å². The van der Waals surface area contributed by atoms with Gasteiger partial charge in [0.2, 0.25) is 0 Å². The van der Waals surface area contributed by atoms with E-state index in [1.54, 1.807) is 16.4 Å². The summed E-state index contributed by atoms with van der Waals surface area (Å²) in [5.41, 5.74) is 7.15. The lowest BCUT2D eigenvalue weighted by Crippen LogP contribution is -2.21. The van der Waals surface area contributed by atoms with E-state index in [0.29, 0.717) is 0 Å². The third-order valence-corrected chi connectivity index (χ3v) is 4.37. The predicted octanol–water partition coefficient (Wildman–Crippen LogP) is 3.50. The van der Waals surface area contributed by atoms with Gasteiger partial charge in [-0.15, -0.1) is 0 Å². The van der Waals surface area contributed by atoms with Crippen molar-refractivity contribution in [2.75, 3.05) is 0 Å². The second kappa shape index (κ2) is 6.46. The molecule has 0 aliphatic heterocycles. The normalized spacial score (nSPS) is 12.6. The van der Waals surface area contributed by atoms with Crippen LogP contribution in [0.4, 0.5) is 0 Å². The smallest absolute Gasteiger partial charge is 0.0629 e. The Balaban J connectivity index is 2.10. The lowest BCUT2D eigenvalue weighted by molar-refractivity contribution is 0.646. The molecule has 0 aliphatic carbocycles. The van der Waals surface area contributed by atoms with Crippen molar-refractivity contribution in [3.05, 3.63) is 41.2 Å². The van der Waals surface area contributed by atoms with Gasteiger partial charge in [-0.3, -0.25) is 4.68 Å². The molecule has 2 aromatic rings. The zero-order valence-corrected chi connectivity index (χ0v) is 12.7. The molecule has 0 aliphatic rings. The molecule has 2 N–H and O–H groups in total. The largest absolute Gasteiger partial charge is 0.327 e. The molecule has 1 heterocycles. The van der Waals surface area contributed by atoms with Crippen LogP contribution in [0.3, 0.4) is 0 Å². The van der Waals surface area contributed by atoms with Gasteiger partial charge >= 0.3 is 0 Å². The molecule has 1 aromatic heterocycles. The molecule has 0 saturated heterocycles. The Morgan fingerprint density at radius 3 is 2.84 bits per heavy atom.